The molecule has 2 amide bonds. The van der Waals surface area contributed by atoms with Crippen molar-refractivity contribution < 1.29 is 33.0 Å². The fourth-order valence-electron chi connectivity index (χ4n) is 3.53. The molecule has 1 aliphatic heterocycles. The van der Waals surface area contributed by atoms with Crippen LogP contribution in [0, 0.1) is 23.1 Å². The van der Waals surface area contributed by atoms with Crippen molar-refractivity contribution >= 4 is 52.8 Å². The maximum atomic E-state index is 13.3. The lowest BCUT2D eigenvalue weighted by Gasteiger charge is -2.31. The Labute approximate surface area is 214 Å². The van der Waals surface area contributed by atoms with Crippen LogP contribution in [0.25, 0.3) is 0 Å². The molecule has 1 aliphatic rings. The highest BCUT2D eigenvalue weighted by molar-refractivity contribution is 8.03. The summed E-state index contributed by atoms with van der Waals surface area (Å²) < 4.78 is 22.8. The Morgan fingerprint density at radius 1 is 1.17 bits per heavy atom. The minimum atomic E-state index is -1.37. The Morgan fingerprint density at radius 3 is 2.44 bits per heavy atom. The number of carbonyl (C=O) groups excluding carboxylic acids is 4. The van der Waals surface area contributed by atoms with Gasteiger partial charge in [-0.25, -0.2) is 9.18 Å². The number of halogens is 2. The predicted octanol–water partition coefficient (Wildman–Crippen LogP) is 3.38. The number of anilines is 1. The minimum Gasteiger partial charge on any atom is -0.468 e. The van der Waals surface area contributed by atoms with Gasteiger partial charge in [0.1, 0.15) is 11.7 Å². The van der Waals surface area contributed by atoms with E-state index >= 15 is 0 Å². The molecular weight excluding hydrogens is 513 g/mol. The van der Waals surface area contributed by atoms with Crippen LogP contribution in [-0.2, 0) is 23.9 Å². The lowest BCUT2D eigenvalue weighted by molar-refractivity contribution is -0.150. The molecule has 2 atom stereocenters. The van der Waals surface area contributed by atoms with Crippen molar-refractivity contribution in [3.8, 4) is 6.07 Å². The van der Waals surface area contributed by atoms with Gasteiger partial charge in [-0.3, -0.25) is 14.4 Å². The number of esters is 2. The Balaban J connectivity index is 1.90. The molecule has 0 saturated carbocycles. The van der Waals surface area contributed by atoms with Crippen LogP contribution < -0.4 is 10.6 Å². The number of hydrogen-bond acceptors (Lipinski definition) is 8. The number of nitrogens with zero attached hydrogens (tertiary/aromatic N) is 1. The summed E-state index contributed by atoms with van der Waals surface area (Å²) in [5.41, 5.74) is 0.959. The van der Waals surface area contributed by atoms with Crippen LogP contribution in [0.4, 0.5) is 10.1 Å². The van der Waals surface area contributed by atoms with Gasteiger partial charge in [-0.15, -0.1) is 0 Å². The number of rotatable bonds is 7. The third kappa shape index (κ3) is 5.84. The molecule has 12 heteroatoms. The second kappa shape index (κ2) is 11.7. The number of nitriles is 1. The third-order valence-corrected chi connectivity index (χ3v) is 6.53. The van der Waals surface area contributed by atoms with Crippen molar-refractivity contribution in [1.29, 1.82) is 5.26 Å². The number of hydrogen-bond donors (Lipinski definition) is 2. The Morgan fingerprint density at radius 2 is 1.86 bits per heavy atom. The highest BCUT2D eigenvalue weighted by Crippen LogP contribution is 2.40. The first-order valence-electron chi connectivity index (χ1n) is 10.3. The second-order valence-electron chi connectivity index (χ2n) is 7.40. The number of carbonyl (C=O) groups is 4. The average molecular weight is 532 g/mol. The number of benzene rings is 2. The number of thioether (sulfide) groups is 1. The van der Waals surface area contributed by atoms with E-state index in [0.717, 1.165) is 24.9 Å². The van der Waals surface area contributed by atoms with E-state index in [1.54, 1.807) is 0 Å². The van der Waals surface area contributed by atoms with Crippen LogP contribution in [-0.4, -0.2) is 43.7 Å². The first-order chi connectivity index (χ1) is 17.2. The summed E-state index contributed by atoms with van der Waals surface area (Å²) >= 11 is 6.60. The smallest absolute Gasteiger partial charge is 0.337 e. The Bertz CT molecular complexity index is 1290. The molecule has 0 aliphatic carbocycles. The van der Waals surface area contributed by atoms with Gasteiger partial charge in [0.25, 0.3) is 0 Å². The van der Waals surface area contributed by atoms with E-state index in [9.17, 15) is 28.8 Å². The summed E-state index contributed by atoms with van der Waals surface area (Å²) in [5, 5.41) is 14.9. The van der Waals surface area contributed by atoms with Crippen molar-refractivity contribution in [1.82, 2.24) is 5.32 Å². The van der Waals surface area contributed by atoms with Gasteiger partial charge in [-0.1, -0.05) is 35.5 Å². The first-order valence-corrected chi connectivity index (χ1v) is 11.7. The summed E-state index contributed by atoms with van der Waals surface area (Å²) in [5.74, 6) is -5.88. The van der Waals surface area contributed by atoms with Gasteiger partial charge in [0.15, 0.2) is 0 Å². The highest BCUT2D eigenvalue weighted by atomic mass is 35.5. The van der Waals surface area contributed by atoms with Crippen molar-refractivity contribution in [3.63, 3.8) is 0 Å². The molecule has 0 fully saturated rings. The third-order valence-electron chi connectivity index (χ3n) is 5.23. The number of allylic oxidation sites excluding steroid dienone is 1. The fraction of sp³-hybridized carbons (Fsp3) is 0.208. The van der Waals surface area contributed by atoms with Gasteiger partial charge in [0.2, 0.25) is 11.8 Å². The van der Waals surface area contributed by atoms with Gasteiger partial charge >= 0.3 is 11.9 Å². The molecule has 1 heterocycles. The van der Waals surface area contributed by atoms with Gasteiger partial charge in [-0.05, 0) is 35.9 Å². The SMILES string of the molecule is COC(=O)c1ccc([C@H]2C(C#N)=C(SCC(=O)Nc3ccc(F)c(Cl)c3)NC(=O)[C@@H]2C(=O)OC)cc1. The molecule has 9 nitrogen and oxygen atoms in total. The predicted molar refractivity (Wildman–Crippen MR) is 129 cm³/mol. The quantitative estimate of drug-likeness (QED) is 0.410. The van der Waals surface area contributed by atoms with Crippen molar-refractivity contribution in [2.24, 2.45) is 5.92 Å². The molecule has 186 valence electrons. The fourth-order valence-corrected chi connectivity index (χ4v) is 4.56. The highest BCUT2D eigenvalue weighted by Gasteiger charge is 2.44. The van der Waals surface area contributed by atoms with Gasteiger partial charge < -0.3 is 20.1 Å². The summed E-state index contributed by atoms with van der Waals surface area (Å²) in [6, 6.07) is 11.6. The second-order valence-corrected chi connectivity index (χ2v) is 8.79. The van der Waals surface area contributed by atoms with Gasteiger partial charge in [-0.2, -0.15) is 5.26 Å². The zero-order valence-electron chi connectivity index (χ0n) is 19.0. The summed E-state index contributed by atoms with van der Waals surface area (Å²) in [6.45, 7) is 0. The molecule has 0 spiro atoms. The first kappa shape index (κ1) is 26.7. The van der Waals surface area contributed by atoms with Crippen LogP contribution in [0.3, 0.4) is 0 Å². The van der Waals surface area contributed by atoms with E-state index in [1.165, 1.54) is 43.5 Å². The molecule has 0 bridgehead atoms. The zero-order valence-corrected chi connectivity index (χ0v) is 20.5. The minimum absolute atomic E-state index is 0.0402. The summed E-state index contributed by atoms with van der Waals surface area (Å²) in [4.78, 5) is 49.6. The lowest BCUT2D eigenvalue weighted by atomic mass is 9.78. The number of methoxy groups -OCH3 is 2. The van der Waals surface area contributed by atoms with E-state index in [1.807, 2.05) is 6.07 Å². The molecule has 0 saturated heterocycles. The normalized spacial score (nSPS) is 17.0. The van der Waals surface area contributed by atoms with E-state index in [2.05, 4.69) is 15.4 Å². The van der Waals surface area contributed by atoms with E-state index in [-0.39, 0.29) is 32.6 Å². The maximum absolute atomic E-state index is 13.3. The van der Waals surface area contributed by atoms with Crippen LogP contribution in [0.15, 0.2) is 53.1 Å². The molecule has 0 radical (unpaired) electrons. The van der Waals surface area contributed by atoms with Crippen molar-refractivity contribution in [2.45, 2.75) is 5.92 Å². The molecule has 2 aromatic rings. The Hall–Kier alpha value is -3.88. The lowest BCUT2D eigenvalue weighted by Crippen LogP contribution is -2.44. The van der Waals surface area contributed by atoms with E-state index in [4.69, 9.17) is 16.3 Å². The molecule has 2 N–H and O–H groups in total. The monoisotopic (exact) mass is 531 g/mol. The van der Waals surface area contributed by atoms with Crippen molar-refractivity contribution in [3.05, 3.63) is 75.0 Å². The van der Waals surface area contributed by atoms with Crippen molar-refractivity contribution in [2.75, 3.05) is 25.3 Å². The molecule has 0 aromatic heterocycles. The zero-order chi connectivity index (χ0) is 26.4. The van der Waals surface area contributed by atoms with Crippen LogP contribution in [0.5, 0.6) is 0 Å². The average Bonchev–Trinajstić information content (AvgIpc) is 2.88. The van der Waals surface area contributed by atoms with Crippen LogP contribution in [0.2, 0.25) is 5.02 Å². The Kier molecular flexibility index (Phi) is 8.68. The van der Waals surface area contributed by atoms with E-state index in [0.29, 0.717) is 5.56 Å². The topological polar surface area (TPSA) is 135 Å². The summed E-state index contributed by atoms with van der Waals surface area (Å²) in [7, 11) is 2.36. The van der Waals surface area contributed by atoms with Gasteiger partial charge in [0.05, 0.1) is 47.2 Å². The maximum Gasteiger partial charge on any atom is 0.337 e. The molecular formula is C24H19ClFN3O6S. The van der Waals surface area contributed by atoms with Crippen LogP contribution in [0.1, 0.15) is 21.8 Å². The van der Waals surface area contributed by atoms with E-state index < -0.39 is 41.4 Å². The standard InChI is InChI=1S/C24H19ClFN3O6S/c1-34-23(32)13-5-3-12(4-6-13)19-15(10-27)22(29-21(31)20(19)24(33)35-2)36-11-18(30)28-14-7-8-17(26)16(25)9-14/h3-9,19-20H,11H2,1-2H3,(H,28,30)(H,29,31)/t19-,20+/m0/s1. The van der Waals surface area contributed by atoms with Crippen LogP contribution >= 0.6 is 23.4 Å². The number of amides is 2. The number of nitrogens with one attached hydrogen (secondary N) is 2. The molecule has 0 unspecified atom stereocenters. The molecule has 3 rings (SSSR count). The summed E-state index contributed by atoms with van der Waals surface area (Å²) in [6.07, 6.45) is 0. The van der Waals surface area contributed by atoms with Gasteiger partial charge in [0, 0.05) is 11.6 Å². The molecule has 2 aromatic carbocycles. The largest absolute Gasteiger partial charge is 0.468 e. The number of ether oxygens (including phenoxy) is 2. The molecule has 36 heavy (non-hydrogen) atoms.